The zero-order chi connectivity index (χ0) is 26.8. The summed E-state index contributed by atoms with van der Waals surface area (Å²) in [7, 11) is 0. The van der Waals surface area contributed by atoms with Gasteiger partial charge in [-0.3, -0.25) is 14.5 Å². The van der Waals surface area contributed by atoms with Crippen LogP contribution in [0.2, 0.25) is 0 Å². The van der Waals surface area contributed by atoms with Crippen molar-refractivity contribution < 1.29 is 54.2 Å². The molecule has 2 aromatic heterocycles. The first kappa shape index (κ1) is 26.5. The molecule has 17 heteroatoms. The lowest BCUT2D eigenvalue weighted by Gasteiger charge is -2.27. The summed E-state index contributed by atoms with van der Waals surface area (Å²) in [6.45, 7) is -1.23. The predicted octanol–water partition coefficient (Wildman–Crippen LogP) is 3.74. The van der Waals surface area contributed by atoms with Crippen LogP contribution in [0.5, 0.6) is 6.08 Å². The number of amides is 1. The van der Waals surface area contributed by atoms with Crippen LogP contribution in [0.1, 0.15) is 40.9 Å². The van der Waals surface area contributed by atoms with Gasteiger partial charge in [-0.15, -0.1) is 18.3 Å². The van der Waals surface area contributed by atoms with Crippen molar-refractivity contribution in [1.82, 2.24) is 25.5 Å². The number of rotatable bonds is 7. The average Bonchev–Trinajstić information content (AvgIpc) is 3.29. The summed E-state index contributed by atoms with van der Waals surface area (Å²) in [4.78, 5) is 20.2. The number of aromatic nitrogens is 4. The number of hydrogen-bond acceptors (Lipinski definition) is 9. The molecule has 1 saturated heterocycles. The lowest BCUT2D eigenvalue weighted by atomic mass is 10.0. The third kappa shape index (κ3) is 6.79. The maximum Gasteiger partial charge on any atom is 0.522 e. The fourth-order valence-electron chi connectivity index (χ4n) is 3.37. The van der Waals surface area contributed by atoms with E-state index in [0.29, 0.717) is 25.0 Å². The molecular formula is C20H16F7N5O5. The summed E-state index contributed by atoms with van der Waals surface area (Å²) in [5.74, 6) is -2.21. The molecule has 1 aliphatic heterocycles. The Kier molecular flexibility index (Phi) is 7.44. The van der Waals surface area contributed by atoms with Gasteiger partial charge in [0.2, 0.25) is 5.89 Å². The molecule has 1 fully saturated rings. The second kappa shape index (κ2) is 10.4. The van der Waals surface area contributed by atoms with Gasteiger partial charge < -0.3 is 19.2 Å². The highest BCUT2D eigenvalue weighted by molar-refractivity contribution is 5.94. The number of hydrogen-bond donors (Lipinski definition) is 1. The molecule has 0 bridgehead atoms. The van der Waals surface area contributed by atoms with E-state index in [2.05, 4.69) is 30.2 Å². The van der Waals surface area contributed by atoms with Gasteiger partial charge in [-0.25, -0.2) is 9.37 Å². The molecular weight excluding hydrogens is 523 g/mol. The second-order valence-corrected chi connectivity index (χ2v) is 7.69. The molecule has 0 saturated carbocycles. The summed E-state index contributed by atoms with van der Waals surface area (Å²) in [6, 6.07) is 0.588. The smallest absolute Gasteiger partial charge is 0.447 e. The van der Waals surface area contributed by atoms with Crippen molar-refractivity contribution in [3.63, 3.8) is 0 Å². The maximum absolute atomic E-state index is 13.8. The normalized spacial score (nSPS) is 18.7. The minimum absolute atomic E-state index is 0.0129. The van der Waals surface area contributed by atoms with E-state index in [9.17, 15) is 35.5 Å². The molecule has 10 nitrogen and oxygen atoms in total. The summed E-state index contributed by atoms with van der Waals surface area (Å²) < 4.78 is 107. The minimum atomic E-state index is -4.91. The molecule has 200 valence electrons. The molecule has 1 N–H and O–H groups in total. The Morgan fingerprint density at radius 3 is 2.54 bits per heavy atom. The minimum Gasteiger partial charge on any atom is -0.447 e. The van der Waals surface area contributed by atoms with Gasteiger partial charge in [-0.05, 0) is 18.9 Å². The maximum atomic E-state index is 13.8. The van der Waals surface area contributed by atoms with Crippen LogP contribution in [0.4, 0.5) is 30.7 Å². The molecule has 1 aromatic carbocycles. The Balaban J connectivity index is 1.29. The lowest BCUT2D eigenvalue weighted by Crippen LogP contribution is -2.41. The van der Waals surface area contributed by atoms with E-state index >= 15 is 0 Å². The molecule has 4 rings (SSSR count). The highest BCUT2D eigenvalue weighted by Gasteiger charge is 2.35. The number of nitrogens with one attached hydrogen (secondary N) is 1. The van der Waals surface area contributed by atoms with Crippen LogP contribution >= 0.6 is 0 Å². The quantitative estimate of drug-likeness (QED) is 0.354. The number of nitrogens with zero attached hydrogens (tertiary/aromatic N) is 4. The molecule has 0 unspecified atom stereocenters. The Morgan fingerprint density at radius 1 is 1.08 bits per heavy atom. The van der Waals surface area contributed by atoms with Crippen molar-refractivity contribution in [2.45, 2.75) is 37.5 Å². The molecule has 1 amide bonds. The standard InChI is InChI=1S/C20H16F7N5O5/c21-11-6-13-12(5-10(11)19(22,23)24)28-7-14(30-13)16(33)29-9-1-2-15(35-8-9)17-31-32-18(37-17)34-3-4-36-20(25,26)27/h5-7,9,15H,1-4,8H2,(H,29,33)/t9-,15+/m0/s1. The number of benzene rings is 1. The molecule has 3 heterocycles. The Morgan fingerprint density at radius 2 is 1.86 bits per heavy atom. The van der Waals surface area contributed by atoms with E-state index in [4.69, 9.17) is 13.9 Å². The van der Waals surface area contributed by atoms with E-state index in [1.54, 1.807) is 0 Å². The molecule has 37 heavy (non-hydrogen) atoms. The fraction of sp³-hybridized carbons (Fsp3) is 0.450. The first-order valence-corrected chi connectivity index (χ1v) is 10.5. The van der Waals surface area contributed by atoms with Crippen LogP contribution in [0.3, 0.4) is 0 Å². The first-order valence-electron chi connectivity index (χ1n) is 10.5. The van der Waals surface area contributed by atoms with Gasteiger partial charge in [-0.2, -0.15) is 13.2 Å². The zero-order valence-corrected chi connectivity index (χ0v) is 18.4. The number of halogens is 7. The van der Waals surface area contributed by atoms with Crippen molar-refractivity contribution in [2.24, 2.45) is 0 Å². The fourth-order valence-corrected chi connectivity index (χ4v) is 3.37. The van der Waals surface area contributed by atoms with E-state index in [-0.39, 0.29) is 35.3 Å². The summed E-state index contributed by atoms with van der Waals surface area (Å²) >= 11 is 0. The zero-order valence-electron chi connectivity index (χ0n) is 18.4. The van der Waals surface area contributed by atoms with Gasteiger partial charge in [0.25, 0.3) is 5.91 Å². The Labute approximate surface area is 202 Å². The van der Waals surface area contributed by atoms with Gasteiger partial charge in [0.15, 0.2) is 0 Å². The predicted molar refractivity (Wildman–Crippen MR) is 105 cm³/mol. The van der Waals surface area contributed by atoms with Crippen LogP contribution in [0, 0.1) is 5.82 Å². The van der Waals surface area contributed by atoms with E-state index in [0.717, 1.165) is 6.20 Å². The Bertz CT molecular complexity index is 1260. The van der Waals surface area contributed by atoms with Crippen molar-refractivity contribution in [3.05, 3.63) is 41.3 Å². The molecule has 1 aliphatic rings. The topological polar surface area (TPSA) is 121 Å². The highest BCUT2D eigenvalue weighted by atomic mass is 19.4. The van der Waals surface area contributed by atoms with Gasteiger partial charge >= 0.3 is 18.6 Å². The van der Waals surface area contributed by atoms with Gasteiger partial charge in [-0.1, -0.05) is 5.10 Å². The largest absolute Gasteiger partial charge is 0.522 e. The number of carbonyl (C=O) groups excluding carboxylic acids is 1. The van der Waals surface area contributed by atoms with Crippen molar-refractivity contribution in [3.8, 4) is 6.08 Å². The second-order valence-electron chi connectivity index (χ2n) is 7.69. The van der Waals surface area contributed by atoms with Crippen LogP contribution in [0.25, 0.3) is 11.0 Å². The number of alkyl halides is 6. The monoisotopic (exact) mass is 539 g/mol. The average molecular weight is 539 g/mol. The summed E-state index contributed by atoms with van der Waals surface area (Å²) in [5.41, 5.74) is -2.18. The van der Waals surface area contributed by atoms with Crippen LogP contribution in [-0.4, -0.2) is 58.3 Å². The van der Waals surface area contributed by atoms with Gasteiger partial charge in [0, 0.05) is 6.07 Å². The van der Waals surface area contributed by atoms with Gasteiger partial charge in [0.1, 0.15) is 24.2 Å². The van der Waals surface area contributed by atoms with Crippen LogP contribution in [0.15, 0.2) is 22.7 Å². The number of fused-ring (bicyclic) bond motifs is 1. The SMILES string of the molecule is O=C(N[C@H]1CC[C@H](c2nnc(OCCOC(F)(F)F)o2)OC1)c1cnc2cc(C(F)(F)F)c(F)cc2n1. The third-order valence-electron chi connectivity index (χ3n) is 5.05. The highest BCUT2D eigenvalue weighted by Crippen LogP contribution is 2.33. The first-order chi connectivity index (χ1) is 17.4. The van der Waals surface area contributed by atoms with E-state index in [1.165, 1.54) is 0 Å². The summed E-state index contributed by atoms with van der Waals surface area (Å²) in [6.07, 6.45) is -9.04. The third-order valence-corrected chi connectivity index (χ3v) is 5.05. The number of ether oxygens (including phenoxy) is 3. The van der Waals surface area contributed by atoms with Crippen LogP contribution < -0.4 is 10.1 Å². The van der Waals surface area contributed by atoms with Crippen molar-refractivity contribution >= 4 is 16.9 Å². The molecule has 0 aliphatic carbocycles. The molecule has 2 atom stereocenters. The van der Waals surface area contributed by atoms with Gasteiger partial charge in [0.05, 0.1) is 42.0 Å². The molecule has 0 spiro atoms. The van der Waals surface area contributed by atoms with E-state index in [1.807, 2.05) is 0 Å². The van der Waals surface area contributed by atoms with Crippen molar-refractivity contribution in [2.75, 3.05) is 19.8 Å². The number of carbonyl (C=O) groups is 1. The van der Waals surface area contributed by atoms with E-state index < -0.39 is 55.2 Å². The summed E-state index contributed by atoms with van der Waals surface area (Å²) in [5, 5.41) is 9.91. The van der Waals surface area contributed by atoms with Crippen molar-refractivity contribution in [1.29, 1.82) is 0 Å². The lowest BCUT2D eigenvalue weighted by molar-refractivity contribution is -0.325. The molecule has 0 radical (unpaired) electrons. The van der Waals surface area contributed by atoms with Crippen LogP contribution in [-0.2, 0) is 15.7 Å². The molecule has 3 aromatic rings. The Hall–Kier alpha value is -3.60.